The lowest BCUT2D eigenvalue weighted by Gasteiger charge is -2.30. The molecular formula is C23H26N2O3. The number of hydrogen-bond donors (Lipinski definition) is 4. The van der Waals surface area contributed by atoms with Crippen molar-refractivity contribution >= 4 is 10.8 Å². The number of aliphatic hydroxyl groups excluding tert-OH is 2. The van der Waals surface area contributed by atoms with Crippen LogP contribution in [0, 0.1) is 0 Å². The predicted octanol–water partition coefficient (Wildman–Crippen LogP) is 2.55. The van der Waals surface area contributed by atoms with Crippen LogP contribution in [-0.4, -0.2) is 46.0 Å². The molecule has 2 atom stereocenters. The smallest absolute Gasteiger partial charge is 0.135 e. The van der Waals surface area contributed by atoms with Gasteiger partial charge >= 0.3 is 0 Å². The molecule has 1 aliphatic heterocycles. The fraction of sp³-hybridized carbons (Fsp3) is 0.304. The van der Waals surface area contributed by atoms with Gasteiger partial charge in [0, 0.05) is 31.7 Å². The van der Waals surface area contributed by atoms with E-state index in [4.69, 9.17) is 0 Å². The largest absolute Gasteiger partial charge is 0.507 e. The van der Waals surface area contributed by atoms with Crippen molar-refractivity contribution in [2.75, 3.05) is 19.6 Å². The van der Waals surface area contributed by atoms with Crippen molar-refractivity contribution in [3.8, 4) is 5.75 Å². The summed E-state index contributed by atoms with van der Waals surface area (Å²) in [5, 5.41) is 36.0. The normalized spacial score (nSPS) is 16.6. The van der Waals surface area contributed by atoms with Gasteiger partial charge in [-0.2, -0.15) is 0 Å². The Morgan fingerprint density at radius 2 is 1.68 bits per heavy atom. The van der Waals surface area contributed by atoms with Gasteiger partial charge in [-0.15, -0.1) is 0 Å². The lowest BCUT2D eigenvalue weighted by molar-refractivity contribution is 0.0742. The number of phenols is 1. The first kappa shape index (κ1) is 18.9. The second kappa shape index (κ2) is 8.29. The van der Waals surface area contributed by atoms with Crippen LogP contribution in [0.2, 0.25) is 0 Å². The molecule has 3 aromatic rings. The number of benzene rings is 3. The summed E-state index contributed by atoms with van der Waals surface area (Å²) < 4.78 is 0. The van der Waals surface area contributed by atoms with Crippen LogP contribution in [0.3, 0.4) is 0 Å². The van der Waals surface area contributed by atoms with E-state index >= 15 is 0 Å². The van der Waals surface area contributed by atoms with E-state index < -0.39 is 12.3 Å². The van der Waals surface area contributed by atoms with Gasteiger partial charge in [-0.3, -0.25) is 10.2 Å². The van der Waals surface area contributed by atoms with Gasteiger partial charge in [0.25, 0.3) is 0 Å². The van der Waals surface area contributed by atoms with Gasteiger partial charge in [0.15, 0.2) is 0 Å². The van der Waals surface area contributed by atoms with Crippen molar-refractivity contribution in [2.45, 2.75) is 25.3 Å². The van der Waals surface area contributed by atoms with E-state index in [1.54, 1.807) is 6.07 Å². The summed E-state index contributed by atoms with van der Waals surface area (Å²) in [6.07, 6.45) is -0.678. The van der Waals surface area contributed by atoms with E-state index in [0.29, 0.717) is 12.1 Å². The van der Waals surface area contributed by atoms with Crippen molar-refractivity contribution in [2.24, 2.45) is 0 Å². The third kappa shape index (κ3) is 4.03. The van der Waals surface area contributed by atoms with Crippen LogP contribution in [0.1, 0.15) is 22.9 Å². The highest BCUT2D eigenvalue weighted by Gasteiger charge is 2.20. The molecule has 0 spiro atoms. The van der Waals surface area contributed by atoms with Crippen LogP contribution in [0.25, 0.3) is 10.8 Å². The molecule has 1 aliphatic rings. The van der Waals surface area contributed by atoms with E-state index in [-0.39, 0.29) is 12.3 Å². The molecule has 1 unspecified atom stereocenters. The summed E-state index contributed by atoms with van der Waals surface area (Å²) in [5.41, 5.74) is 3.14. The summed E-state index contributed by atoms with van der Waals surface area (Å²) in [4.78, 5) is 2.23. The van der Waals surface area contributed by atoms with E-state index in [1.165, 1.54) is 11.1 Å². The first-order chi connectivity index (χ1) is 13.6. The maximum absolute atomic E-state index is 10.6. The van der Waals surface area contributed by atoms with Crippen LogP contribution in [0.5, 0.6) is 5.75 Å². The van der Waals surface area contributed by atoms with Gasteiger partial charge in [-0.1, -0.05) is 54.6 Å². The SMILES string of the molecule is Oc1ccc2ccccc2c1C(O)NC[C@H](O)CN1CCc2ccccc2C1. The topological polar surface area (TPSA) is 76.0 Å². The van der Waals surface area contributed by atoms with E-state index in [9.17, 15) is 15.3 Å². The van der Waals surface area contributed by atoms with Crippen molar-refractivity contribution in [1.82, 2.24) is 10.2 Å². The Balaban J connectivity index is 1.37. The molecule has 0 saturated carbocycles. The van der Waals surface area contributed by atoms with Crippen LogP contribution >= 0.6 is 0 Å². The van der Waals surface area contributed by atoms with Crippen molar-refractivity contribution in [3.63, 3.8) is 0 Å². The predicted molar refractivity (Wildman–Crippen MR) is 110 cm³/mol. The Morgan fingerprint density at radius 3 is 2.54 bits per heavy atom. The molecule has 0 bridgehead atoms. The minimum atomic E-state index is -1.05. The molecular weight excluding hydrogens is 352 g/mol. The molecule has 4 N–H and O–H groups in total. The van der Waals surface area contributed by atoms with Crippen molar-refractivity contribution < 1.29 is 15.3 Å². The Hall–Kier alpha value is -2.44. The van der Waals surface area contributed by atoms with E-state index in [2.05, 4.69) is 28.4 Å². The summed E-state index contributed by atoms with van der Waals surface area (Å²) in [7, 11) is 0. The number of nitrogens with zero attached hydrogens (tertiary/aromatic N) is 1. The number of phenolic OH excluding ortho intramolecular Hbond substituents is 1. The Kier molecular flexibility index (Phi) is 5.59. The third-order valence-corrected chi connectivity index (χ3v) is 5.45. The molecule has 1 heterocycles. The maximum atomic E-state index is 10.6. The van der Waals surface area contributed by atoms with Gasteiger partial charge in [0.1, 0.15) is 12.0 Å². The molecule has 5 nitrogen and oxygen atoms in total. The van der Waals surface area contributed by atoms with Crippen molar-refractivity contribution in [3.05, 3.63) is 77.4 Å². The van der Waals surface area contributed by atoms with E-state index in [0.717, 1.165) is 30.3 Å². The van der Waals surface area contributed by atoms with Crippen molar-refractivity contribution in [1.29, 1.82) is 0 Å². The lowest BCUT2D eigenvalue weighted by Crippen LogP contribution is -2.41. The van der Waals surface area contributed by atoms with Crippen LogP contribution in [-0.2, 0) is 13.0 Å². The highest BCUT2D eigenvalue weighted by atomic mass is 16.3. The fourth-order valence-electron chi connectivity index (χ4n) is 3.99. The number of nitrogens with one attached hydrogen (secondary N) is 1. The van der Waals surface area contributed by atoms with E-state index in [1.807, 2.05) is 36.4 Å². The summed E-state index contributed by atoms with van der Waals surface area (Å²) in [6.45, 7) is 2.53. The van der Waals surface area contributed by atoms with Gasteiger partial charge < -0.3 is 15.3 Å². The zero-order valence-electron chi connectivity index (χ0n) is 15.8. The van der Waals surface area contributed by atoms with Crippen LogP contribution in [0.4, 0.5) is 0 Å². The molecule has 0 fully saturated rings. The van der Waals surface area contributed by atoms with Gasteiger partial charge in [0.2, 0.25) is 0 Å². The summed E-state index contributed by atoms with van der Waals surface area (Å²) in [6, 6.07) is 19.4. The monoisotopic (exact) mass is 378 g/mol. The molecule has 0 saturated heterocycles. The van der Waals surface area contributed by atoms with Gasteiger partial charge in [0.05, 0.1) is 6.10 Å². The zero-order valence-corrected chi connectivity index (χ0v) is 15.8. The average molecular weight is 378 g/mol. The summed E-state index contributed by atoms with van der Waals surface area (Å²) >= 11 is 0. The number of fused-ring (bicyclic) bond motifs is 2. The highest BCUT2D eigenvalue weighted by Crippen LogP contribution is 2.31. The Morgan fingerprint density at radius 1 is 0.929 bits per heavy atom. The molecule has 3 aromatic carbocycles. The standard InChI is InChI=1S/C23H26N2O3/c26-19(15-25-12-11-16-5-1-2-7-18(16)14-25)13-24-23(28)22-20-8-4-3-6-17(20)9-10-21(22)27/h1-10,19,23-24,26-28H,11-15H2/t19-,23?/m0/s1. The van der Waals surface area contributed by atoms with Gasteiger partial charge in [-0.05, 0) is 34.4 Å². The molecule has 0 aromatic heterocycles. The number of aliphatic hydroxyl groups is 2. The quantitative estimate of drug-likeness (QED) is 0.496. The number of aromatic hydroxyl groups is 1. The molecule has 5 heteroatoms. The Bertz CT molecular complexity index is 959. The van der Waals surface area contributed by atoms with Crippen LogP contribution in [0.15, 0.2) is 60.7 Å². The molecule has 146 valence electrons. The number of hydrogen-bond acceptors (Lipinski definition) is 5. The minimum Gasteiger partial charge on any atom is -0.507 e. The molecule has 28 heavy (non-hydrogen) atoms. The second-order valence-corrected chi connectivity index (χ2v) is 7.44. The average Bonchev–Trinajstić information content (AvgIpc) is 2.72. The van der Waals surface area contributed by atoms with Crippen LogP contribution < -0.4 is 5.32 Å². The fourth-order valence-corrected chi connectivity index (χ4v) is 3.99. The number of β-amino-alcohol motifs (C(OH)–C–C–N with tert-alkyl or cyclic N) is 1. The maximum Gasteiger partial charge on any atom is 0.135 e. The summed E-state index contributed by atoms with van der Waals surface area (Å²) in [5.74, 6) is 0.0424. The molecule has 0 aliphatic carbocycles. The highest BCUT2D eigenvalue weighted by molar-refractivity contribution is 5.88. The van der Waals surface area contributed by atoms with Gasteiger partial charge in [-0.25, -0.2) is 0 Å². The Labute approximate surface area is 164 Å². The minimum absolute atomic E-state index is 0.0424. The molecule has 0 radical (unpaired) electrons. The first-order valence-electron chi connectivity index (χ1n) is 9.71. The molecule has 4 rings (SSSR count). The molecule has 0 amide bonds. The zero-order chi connectivity index (χ0) is 19.5. The first-order valence-corrected chi connectivity index (χ1v) is 9.71. The third-order valence-electron chi connectivity index (χ3n) is 5.45. The number of rotatable bonds is 6. The lowest BCUT2D eigenvalue weighted by atomic mass is 10.00. The second-order valence-electron chi connectivity index (χ2n) is 7.44.